The second-order valence-electron chi connectivity index (χ2n) is 7.13. The van der Waals surface area contributed by atoms with Gasteiger partial charge in [0.2, 0.25) is 11.8 Å². The standard InChI is InChI=1S/C22H27FN2O2/c1-16(2)14-24-22(27)17(3)25(15-19-9-11-20(23)12-10-19)21(26)13-18-7-5-4-6-8-18/h4-12,16-17H,13-15H2,1-3H3,(H,24,27). The minimum Gasteiger partial charge on any atom is -0.354 e. The van der Waals surface area contributed by atoms with E-state index in [9.17, 15) is 14.0 Å². The number of rotatable bonds is 8. The quantitative estimate of drug-likeness (QED) is 0.772. The van der Waals surface area contributed by atoms with Crippen LogP contribution in [0, 0.1) is 11.7 Å². The normalized spacial score (nSPS) is 11.9. The zero-order valence-electron chi connectivity index (χ0n) is 16.1. The molecule has 2 aromatic rings. The molecule has 0 aliphatic rings. The molecule has 0 aliphatic heterocycles. The molecule has 2 amide bonds. The van der Waals surface area contributed by atoms with Crippen LogP contribution < -0.4 is 5.32 Å². The number of hydrogen-bond acceptors (Lipinski definition) is 2. The molecule has 1 N–H and O–H groups in total. The molecule has 2 aromatic carbocycles. The number of halogens is 1. The monoisotopic (exact) mass is 370 g/mol. The molecule has 0 bridgehead atoms. The van der Waals surface area contributed by atoms with Crippen molar-refractivity contribution in [2.45, 2.75) is 39.8 Å². The third-order valence-electron chi connectivity index (χ3n) is 4.32. The van der Waals surface area contributed by atoms with Crippen LogP contribution in [0.2, 0.25) is 0 Å². The van der Waals surface area contributed by atoms with E-state index in [4.69, 9.17) is 0 Å². The van der Waals surface area contributed by atoms with Crippen LogP contribution in [0.5, 0.6) is 0 Å². The van der Waals surface area contributed by atoms with E-state index >= 15 is 0 Å². The molecule has 0 fully saturated rings. The number of carbonyl (C=O) groups excluding carboxylic acids is 2. The van der Waals surface area contributed by atoms with Crippen LogP contribution in [0.1, 0.15) is 31.9 Å². The van der Waals surface area contributed by atoms with Crippen LogP contribution in [0.3, 0.4) is 0 Å². The summed E-state index contributed by atoms with van der Waals surface area (Å²) in [5.41, 5.74) is 1.67. The van der Waals surface area contributed by atoms with Crippen molar-refractivity contribution in [1.29, 1.82) is 0 Å². The van der Waals surface area contributed by atoms with E-state index in [0.29, 0.717) is 12.5 Å². The Morgan fingerprint density at radius 1 is 0.963 bits per heavy atom. The highest BCUT2D eigenvalue weighted by Gasteiger charge is 2.26. The average molecular weight is 370 g/mol. The molecule has 27 heavy (non-hydrogen) atoms. The highest BCUT2D eigenvalue weighted by molar-refractivity contribution is 5.88. The summed E-state index contributed by atoms with van der Waals surface area (Å²) in [6, 6.07) is 14.8. The molecule has 1 unspecified atom stereocenters. The van der Waals surface area contributed by atoms with Gasteiger partial charge in [0.1, 0.15) is 11.9 Å². The summed E-state index contributed by atoms with van der Waals surface area (Å²) >= 11 is 0. The van der Waals surface area contributed by atoms with Crippen molar-refractivity contribution >= 4 is 11.8 Å². The van der Waals surface area contributed by atoms with Crippen molar-refractivity contribution in [3.8, 4) is 0 Å². The minimum atomic E-state index is -0.620. The first-order valence-corrected chi connectivity index (χ1v) is 9.22. The smallest absolute Gasteiger partial charge is 0.242 e. The summed E-state index contributed by atoms with van der Waals surface area (Å²) < 4.78 is 13.2. The molecule has 1 atom stereocenters. The van der Waals surface area contributed by atoms with E-state index < -0.39 is 6.04 Å². The van der Waals surface area contributed by atoms with Gasteiger partial charge in [0.25, 0.3) is 0 Å². The Hall–Kier alpha value is -2.69. The largest absolute Gasteiger partial charge is 0.354 e. The first kappa shape index (κ1) is 20.6. The van der Waals surface area contributed by atoms with Crippen molar-refractivity contribution < 1.29 is 14.0 Å². The summed E-state index contributed by atoms with van der Waals surface area (Å²) in [7, 11) is 0. The molecule has 0 radical (unpaired) electrons. The van der Waals surface area contributed by atoms with E-state index in [1.807, 2.05) is 44.2 Å². The van der Waals surface area contributed by atoms with Crippen LogP contribution in [-0.4, -0.2) is 29.3 Å². The topological polar surface area (TPSA) is 49.4 Å². The fourth-order valence-corrected chi connectivity index (χ4v) is 2.69. The van der Waals surface area contributed by atoms with Gasteiger partial charge in [-0.1, -0.05) is 56.3 Å². The van der Waals surface area contributed by atoms with Gasteiger partial charge in [-0.25, -0.2) is 4.39 Å². The van der Waals surface area contributed by atoms with Crippen LogP contribution in [0.15, 0.2) is 54.6 Å². The maximum Gasteiger partial charge on any atom is 0.242 e. The Bertz CT molecular complexity index is 745. The SMILES string of the molecule is CC(C)CNC(=O)C(C)N(Cc1ccc(F)cc1)C(=O)Cc1ccccc1. The van der Waals surface area contributed by atoms with Gasteiger partial charge >= 0.3 is 0 Å². The van der Waals surface area contributed by atoms with Crippen molar-refractivity contribution in [3.05, 3.63) is 71.5 Å². The Morgan fingerprint density at radius 3 is 2.19 bits per heavy atom. The molecule has 2 rings (SSSR count). The fraction of sp³-hybridized carbons (Fsp3) is 0.364. The summed E-state index contributed by atoms with van der Waals surface area (Å²) in [5.74, 6) is -0.333. The lowest BCUT2D eigenvalue weighted by Gasteiger charge is -2.29. The van der Waals surface area contributed by atoms with Crippen molar-refractivity contribution in [3.63, 3.8) is 0 Å². The molecule has 4 nitrogen and oxygen atoms in total. The van der Waals surface area contributed by atoms with Crippen molar-refractivity contribution in [2.75, 3.05) is 6.54 Å². The summed E-state index contributed by atoms with van der Waals surface area (Å²) in [6.45, 7) is 6.56. The number of carbonyl (C=O) groups is 2. The zero-order valence-corrected chi connectivity index (χ0v) is 16.1. The number of amides is 2. The molecular formula is C22H27FN2O2. The first-order valence-electron chi connectivity index (χ1n) is 9.22. The van der Waals surface area contributed by atoms with Gasteiger partial charge in [0, 0.05) is 13.1 Å². The Balaban J connectivity index is 2.17. The predicted octanol–water partition coefficient (Wildman–Crippen LogP) is 3.56. The maximum absolute atomic E-state index is 13.2. The average Bonchev–Trinajstić information content (AvgIpc) is 2.65. The molecule has 0 aromatic heterocycles. The lowest BCUT2D eigenvalue weighted by molar-refractivity contribution is -0.140. The molecular weight excluding hydrogens is 343 g/mol. The van der Waals surface area contributed by atoms with Crippen LogP contribution >= 0.6 is 0 Å². The third kappa shape index (κ3) is 6.51. The second kappa shape index (κ2) is 9.86. The Morgan fingerprint density at radius 2 is 1.59 bits per heavy atom. The van der Waals surface area contributed by atoms with Gasteiger partial charge < -0.3 is 10.2 Å². The molecule has 144 valence electrons. The van der Waals surface area contributed by atoms with Gasteiger partial charge in [-0.3, -0.25) is 9.59 Å². The molecule has 0 saturated heterocycles. The van der Waals surface area contributed by atoms with Gasteiger partial charge in [0.15, 0.2) is 0 Å². The Kier molecular flexibility index (Phi) is 7.53. The molecule has 0 heterocycles. The highest BCUT2D eigenvalue weighted by Crippen LogP contribution is 2.13. The molecule has 0 aliphatic carbocycles. The van der Waals surface area contributed by atoms with E-state index in [2.05, 4.69) is 5.32 Å². The van der Waals surface area contributed by atoms with E-state index in [1.165, 1.54) is 12.1 Å². The van der Waals surface area contributed by atoms with Crippen LogP contribution in [-0.2, 0) is 22.6 Å². The fourth-order valence-electron chi connectivity index (χ4n) is 2.69. The van der Waals surface area contributed by atoms with Crippen LogP contribution in [0.25, 0.3) is 0 Å². The minimum absolute atomic E-state index is 0.141. The zero-order chi connectivity index (χ0) is 19.8. The van der Waals surface area contributed by atoms with Gasteiger partial charge in [0.05, 0.1) is 6.42 Å². The first-order chi connectivity index (χ1) is 12.9. The maximum atomic E-state index is 13.2. The third-order valence-corrected chi connectivity index (χ3v) is 4.32. The highest BCUT2D eigenvalue weighted by atomic mass is 19.1. The number of nitrogens with one attached hydrogen (secondary N) is 1. The summed E-state index contributed by atoms with van der Waals surface area (Å²) in [6.07, 6.45) is 0.212. The van der Waals surface area contributed by atoms with Crippen LogP contribution in [0.4, 0.5) is 4.39 Å². The van der Waals surface area contributed by atoms with Gasteiger partial charge in [-0.2, -0.15) is 0 Å². The lowest BCUT2D eigenvalue weighted by atomic mass is 10.1. The second-order valence-corrected chi connectivity index (χ2v) is 7.13. The lowest BCUT2D eigenvalue weighted by Crippen LogP contribution is -2.48. The number of hydrogen-bond donors (Lipinski definition) is 1. The van der Waals surface area contributed by atoms with Gasteiger partial charge in [-0.15, -0.1) is 0 Å². The van der Waals surface area contributed by atoms with E-state index in [1.54, 1.807) is 24.0 Å². The van der Waals surface area contributed by atoms with E-state index in [-0.39, 0.29) is 30.6 Å². The van der Waals surface area contributed by atoms with E-state index in [0.717, 1.165) is 11.1 Å². The number of nitrogens with zero attached hydrogens (tertiary/aromatic N) is 1. The van der Waals surface area contributed by atoms with Crippen molar-refractivity contribution in [2.24, 2.45) is 5.92 Å². The number of benzene rings is 2. The summed E-state index contributed by atoms with van der Waals surface area (Å²) in [5, 5.41) is 2.88. The summed E-state index contributed by atoms with van der Waals surface area (Å²) in [4.78, 5) is 27.0. The van der Waals surface area contributed by atoms with Crippen molar-refractivity contribution in [1.82, 2.24) is 10.2 Å². The van der Waals surface area contributed by atoms with Gasteiger partial charge in [-0.05, 0) is 36.1 Å². The Labute approximate surface area is 160 Å². The molecule has 0 saturated carbocycles. The predicted molar refractivity (Wildman–Crippen MR) is 104 cm³/mol. The molecule has 5 heteroatoms. The molecule has 0 spiro atoms.